The maximum absolute atomic E-state index is 12.5. The summed E-state index contributed by atoms with van der Waals surface area (Å²) in [5.74, 6) is 0.241. The van der Waals surface area contributed by atoms with Crippen LogP contribution >= 0.6 is 0 Å². The topological polar surface area (TPSA) is 49.6 Å². The fourth-order valence-electron chi connectivity index (χ4n) is 3.12. The number of likely N-dealkylation sites (tertiary alicyclic amines) is 1. The zero-order chi connectivity index (χ0) is 13.7. The number of likely N-dealkylation sites (N-methyl/N-ethyl adjacent to an activating group) is 1. The number of carbonyl (C=O) groups is 1. The normalized spacial score (nSPS) is 24.9. The largest absolute Gasteiger partial charge is 0.327 e. The summed E-state index contributed by atoms with van der Waals surface area (Å²) in [6.45, 7) is 5.25. The number of piperidine rings is 1. The summed E-state index contributed by atoms with van der Waals surface area (Å²) in [6.07, 6.45) is 9.09. The highest BCUT2D eigenvalue weighted by Crippen LogP contribution is 2.21. The Morgan fingerprint density at radius 1 is 1.47 bits per heavy atom. The van der Waals surface area contributed by atoms with E-state index in [1.807, 2.05) is 4.90 Å². The zero-order valence-corrected chi connectivity index (χ0v) is 12.1. The van der Waals surface area contributed by atoms with Crippen LogP contribution in [0, 0.1) is 0 Å². The van der Waals surface area contributed by atoms with Crippen LogP contribution in [0.3, 0.4) is 0 Å². The minimum Gasteiger partial charge on any atom is -0.327 e. The Morgan fingerprint density at radius 2 is 2.32 bits per heavy atom. The van der Waals surface area contributed by atoms with Crippen LogP contribution in [0.1, 0.15) is 45.4 Å². The van der Waals surface area contributed by atoms with Crippen molar-refractivity contribution in [1.82, 2.24) is 9.80 Å². The molecule has 19 heavy (non-hydrogen) atoms. The van der Waals surface area contributed by atoms with E-state index in [9.17, 15) is 4.79 Å². The lowest BCUT2D eigenvalue weighted by atomic mass is 10.0. The van der Waals surface area contributed by atoms with E-state index in [1.165, 1.54) is 18.5 Å². The molecule has 1 amide bonds. The van der Waals surface area contributed by atoms with Crippen molar-refractivity contribution in [2.75, 3.05) is 26.2 Å². The van der Waals surface area contributed by atoms with Gasteiger partial charge in [-0.2, -0.15) is 0 Å². The summed E-state index contributed by atoms with van der Waals surface area (Å²) in [5.41, 5.74) is 7.21. The van der Waals surface area contributed by atoms with Crippen molar-refractivity contribution in [3.63, 3.8) is 0 Å². The molecule has 4 nitrogen and oxygen atoms in total. The number of rotatable bonds is 4. The quantitative estimate of drug-likeness (QED) is 0.842. The smallest absolute Gasteiger partial charge is 0.240 e. The van der Waals surface area contributed by atoms with Crippen LogP contribution in [0.5, 0.6) is 0 Å². The molecule has 0 unspecified atom stereocenters. The molecule has 1 aliphatic heterocycles. The monoisotopic (exact) mass is 265 g/mol. The van der Waals surface area contributed by atoms with Gasteiger partial charge in [-0.15, -0.1) is 0 Å². The third kappa shape index (κ3) is 4.05. The first-order valence-corrected chi connectivity index (χ1v) is 7.68. The predicted molar refractivity (Wildman–Crippen MR) is 77.6 cm³/mol. The highest BCUT2D eigenvalue weighted by molar-refractivity contribution is 5.80. The first kappa shape index (κ1) is 14.5. The van der Waals surface area contributed by atoms with Crippen molar-refractivity contribution in [3.05, 3.63) is 11.8 Å². The van der Waals surface area contributed by atoms with Crippen molar-refractivity contribution in [3.8, 4) is 0 Å². The minimum absolute atomic E-state index is 0.241. The molecule has 2 rings (SSSR count). The zero-order valence-electron chi connectivity index (χ0n) is 12.1. The Bertz CT molecular complexity index is 340. The summed E-state index contributed by atoms with van der Waals surface area (Å²) >= 11 is 0. The number of nitrogens with zero attached hydrogens (tertiary/aromatic N) is 2. The molecule has 108 valence electrons. The Labute approximate surface area is 116 Å². The Balaban J connectivity index is 1.91. The number of amides is 1. The number of hydrogen-bond acceptors (Lipinski definition) is 3. The number of nitrogens with two attached hydrogens (primary N) is 1. The Morgan fingerprint density at radius 3 is 2.95 bits per heavy atom. The van der Waals surface area contributed by atoms with Crippen molar-refractivity contribution in [1.29, 1.82) is 0 Å². The Hall–Kier alpha value is -0.870. The highest BCUT2D eigenvalue weighted by Gasteiger charge is 2.23. The van der Waals surface area contributed by atoms with Crippen LogP contribution < -0.4 is 5.73 Å². The minimum atomic E-state index is 0.241. The van der Waals surface area contributed by atoms with Gasteiger partial charge in [-0.3, -0.25) is 9.69 Å². The number of allylic oxidation sites excluding steroid dienone is 2. The standard InChI is InChI=1S/C15H27N3O/c1-2-18(14-8-4-3-5-9-14)15(19)12-17-10-6-7-13(16)11-17/h8,13H,2-7,9-12,16H2,1H3/t13-/m1/s1. The summed E-state index contributed by atoms with van der Waals surface area (Å²) in [5, 5.41) is 0. The van der Waals surface area contributed by atoms with Gasteiger partial charge < -0.3 is 10.6 Å². The molecule has 0 radical (unpaired) electrons. The molecule has 2 N–H and O–H groups in total. The maximum atomic E-state index is 12.5. The van der Waals surface area contributed by atoms with Crippen LogP contribution in [-0.4, -0.2) is 47.9 Å². The summed E-state index contributed by atoms with van der Waals surface area (Å²) in [7, 11) is 0. The molecular weight excluding hydrogens is 238 g/mol. The van der Waals surface area contributed by atoms with E-state index in [0.29, 0.717) is 6.54 Å². The fourth-order valence-corrected chi connectivity index (χ4v) is 3.12. The lowest BCUT2D eigenvalue weighted by Crippen LogP contribution is -2.47. The molecule has 1 saturated heterocycles. The molecule has 1 atom stereocenters. The molecule has 1 fully saturated rings. The molecule has 0 aromatic rings. The van der Waals surface area contributed by atoms with Gasteiger partial charge in [0.1, 0.15) is 0 Å². The van der Waals surface area contributed by atoms with Crippen LogP contribution in [0.4, 0.5) is 0 Å². The van der Waals surface area contributed by atoms with Gasteiger partial charge in [-0.25, -0.2) is 0 Å². The molecule has 2 aliphatic rings. The van der Waals surface area contributed by atoms with Crippen molar-refractivity contribution in [2.45, 2.75) is 51.5 Å². The average molecular weight is 265 g/mol. The fraction of sp³-hybridized carbons (Fsp3) is 0.800. The molecule has 0 aromatic heterocycles. The molecular formula is C15H27N3O. The van der Waals surface area contributed by atoms with Crippen molar-refractivity contribution < 1.29 is 4.79 Å². The highest BCUT2D eigenvalue weighted by atomic mass is 16.2. The summed E-state index contributed by atoms with van der Waals surface area (Å²) in [6, 6.07) is 0.241. The molecule has 1 aliphatic carbocycles. The number of carbonyl (C=O) groups excluding carboxylic acids is 1. The van der Waals surface area contributed by atoms with E-state index >= 15 is 0 Å². The second-order valence-electron chi connectivity index (χ2n) is 5.72. The van der Waals surface area contributed by atoms with Gasteiger partial charge >= 0.3 is 0 Å². The predicted octanol–water partition coefficient (Wildman–Crippen LogP) is 1.72. The first-order chi connectivity index (χ1) is 9.20. The van der Waals surface area contributed by atoms with Gasteiger partial charge in [-0.05, 0) is 52.0 Å². The van der Waals surface area contributed by atoms with Crippen molar-refractivity contribution in [2.24, 2.45) is 5.73 Å². The molecule has 0 bridgehead atoms. The molecule has 0 aromatic carbocycles. The van der Waals surface area contributed by atoms with Gasteiger partial charge in [0.15, 0.2) is 0 Å². The summed E-state index contributed by atoms with van der Waals surface area (Å²) < 4.78 is 0. The number of hydrogen-bond donors (Lipinski definition) is 1. The summed E-state index contributed by atoms with van der Waals surface area (Å²) in [4.78, 5) is 16.6. The van der Waals surface area contributed by atoms with E-state index in [4.69, 9.17) is 5.73 Å². The molecule has 0 spiro atoms. The SMILES string of the molecule is CCN(C(=O)CN1CCC[C@@H](N)C1)C1=CCCCC1. The van der Waals surface area contributed by atoms with Gasteiger partial charge in [0.05, 0.1) is 6.54 Å². The van der Waals surface area contributed by atoms with Gasteiger partial charge in [0, 0.05) is 24.8 Å². The van der Waals surface area contributed by atoms with Gasteiger partial charge in [-0.1, -0.05) is 6.08 Å². The maximum Gasteiger partial charge on any atom is 0.240 e. The first-order valence-electron chi connectivity index (χ1n) is 7.68. The average Bonchev–Trinajstić information content (AvgIpc) is 2.41. The van der Waals surface area contributed by atoms with E-state index in [-0.39, 0.29) is 11.9 Å². The lowest BCUT2D eigenvalue weighted by Gasteiger charge is -2.33. The van der Waals surface area contributed by atoms with Crippen LogP contribution in [0.25, 0.3) is 0 Å². The van der Waals surface area contributed by atoms with Gasteiger partial charge in [0.25, 0.3) is 0 Å². The van der Waals surface area contributed by atoms with Crippen LogP contribution in [0.15, 0.2) is 11.8 Å². The van der Waals surface area contributed by atoms with Gasteiger partial charge in [0.2, 0.25) is 5.91 Å². The van der Waals surface area contributed by atoms with E-state index < -0.39 is 0 Å². The van der Waals surface area contributed by atoms with E-state index in [0.717, 1.165) is 45.3 Å². The molecule has 4 heteroatoms. The van der Waals surface area contributed by atoms with E-state index in [1.54, 1.807) is 0 Å². The van der Waals surface area contributed by atoms with Crippen LogP contribution in [0.2, 0.25) is 0 Å². The van der Waals surface area contributed by atoms with E-state index in [2.05, 4.69) is 17.9 Å². The molecule has 1 heterocycles. The second kappa shape index (κ2) is 7.06. The third-order valence-electron chi connectivity index (χ3n) is 4.13. The van der Waals surface area contributed by atoms with Crippen molar-refractivity contribution >= 4 is 5.91 Å². The third-order valence-corrected chi connectivity index (χ3v) is 4.13. The van der Waals surface area contributed by atoms with Crippen LogP contribution in [-0.2, 0) is 4.79 Å². The Kier molecular flexibility index (Phi) is 5.40. The molecule has 0 saturated carbocycles. The second-order valence-corrected chi connectivity index (χ2v) is 5.72. The lowest BCUT2D eigenvalue weighted by molar-refractivity contribution is -0.130.